The smallest absolute Gasteiger partial charge is 0.142 e. The van der Waals surface area contributed by atoms with Gasteiger partial charge in [-0.3, -0.25) is 4.98 Å². The molecule has 0 saturated carbocycles. The van der Waals surface area contributed by atoms with Gasteiger partial charge in [-0.25, -0.2) is 9.97 Å². The lowest BCUT2D eigenvalue weighted by atomic mass is 10.2. The van der Waals surface area contributed by atoms with E-state index in [0.29, 0.717) is 5.82 Å². The Bertz CT molecular complexity index is 495. The molecule has 82 valence electrons. The van der Waals surface area contributed by atoms with Crippen molar-refractivity contribution >= 4 is 11.6 Å². The third kappa shape index (κ3) is 1.93. The van der Waals surface area contributed by atoms with Crippen molar-refractivity contribution in [3.63, 3.8) is 0 Å². The van der Waals surface area contributed by atoms with Crippen LogP contribution < -0.4 is 10.6 Å². The second kappa shape index (κ2) is 4.14. The predicted octanol–water partition coefficient (Wildman–Crippen LogP) is 1.19. The molecule has 0 fully saturated rings. The van der Waals surface area contributed by atoms with Crippen LogP contribution >= 0.6 is 0 Å². The van der Waals surface area contributed by atoms with Crippen LogP contribution in [0.3, 0.4) is 0 Å². The standard InChI is InChI=1S/C11H13N5/c1-16(2)11-8(4-3-5-14-11)9-6-13-7-10(12)15-9/h3-7H,1-2H3,(H2,12,15). The third-order valence-corrected chi connectivity index (χ3v) is 2.14. The number of rotatable bonds is 2. The summed E-state index contributed by atoms with van der Waals surface area (Å²) in [5.74, 6) is 1.26. The van der Waals surface area contributed by atoms with Crippen molar-refractivity contribution in [1.82, 2.24) is 15.0 Å². The van der Waals surface area contributed by atoms with E-state index in [1.165, 1.54) is 6.20 Å². The summed E-state index contributed by atoms with van der Waals surface area (Å²) >= 11 is 0. The highest BCUT2D eigenvalue weighted by atomic mass is 15.1. The number of aromatic nitrogens is 3. The summed E-state index contributed by atoms with van der Waals surface area (Å²) in [6.07, 6.45) is 4.95. The van der Waals surface area contributed by atoms with E-state index in [4.69, 9.17) is 5.73 Å². The highest BCUT2D eigenvalue weighted by Crippen LogP contribution is 2.25. The lowest BCUT2D eigenvalue weighted by molar-refractivity contribution is 1.06. The van der Waals surface area contributed by atoms with Gasteiger partial charge in [-0.2, -0.15) is 0 Å². The van der Waals surface area contributed by atoms with E-state index in [2.05, 4.69) is 15.0 Å². The van der Waals surface area contributed by atoms with Gasteiger partial charge in [0.2, 0.25) is 0 Å². The zero-order chi connectivity index (χ0) is 11.5. The Balaban J connectivity index is 2.55. The van der Waals surface area contributed by atoms with Gasteiger partial charge < -0.3 is 10.6 Å². The van der Waals surface area contributed by atoms with Crippen molar-refractivity contribution in [3.05, 3.63) is 30.7 Å². The molecule has 0 spiro atoms. The predicted molar refractivity (Wildman–Crippen MR) is 64.0 cm³/mol. The zero-order valence-electron chi connectivity index (χ0n) is 9.25. The van der Waals surface area contributed by atoms with E-state index < -0.39 is 0 Å². The summed E-state index contributed by atoms with van der Waals surface area (Å²) in [6.45, 7) is 0. The zero-order valence-corrected chi connectivity index (χ0v) is 9.25. The Hall–Kier alpha value is -2.17. The van der Waals surface area contributed by atoms with Crippen molar-refractivity contribution < 1.29 is 0 Å². The number of anilines is 2. The first-order valence-corrected chi connectivity index (χ1v) is 4.88. The molecule has 0 atom stereocenters. The molecule has 0 aliphatic carbocycles. The lowest BCUT2D eigenvalue weighted by Crippen LogP contribution is -2.12. The molecule has 2 aromatic heterocycles. The van der Waals surface area contributed by atoms with E-state index in [0.717, 1.165) is 17.1 Å². The van der Waals surface area contributed by atoms with Crippen molar-refractivity contribution in [2.45, 2.75) is 0 Å². The molecule has 0 radical (unpaired) electrons. The van der Waals surface area contributed by atoms with Crippen LogP contribution in [0, 0.1) is 0 Å². The first kappa shape index (κ1) is 10.4. The topological polar surface area (TPSA) is 67.9 Å². The van der Waals surface area contributed by atoms with Gasteiger partial charge in [0.05, 0.1) is 18.1 Å². The van der Waals surface area contributed by atoms with Gasteiger partial charge in [0.1, 0.15) is 11.6 Å². The SMILES string of the molecule is CN(C)c1ncccc1-c1cncc(N)n1. The average molecular weight is 215 g/mol. The monoisotopic (exact) mass is 215 g/mol. The number of hydrogen-bond donors (Lipinski definition) is 1. The van der Waals surface area contributed by atoms with Gasteiger partial charge in [0, 0.05) is 25.9 Å². The number of nitrogens with two attached hydrogens (primary N) is 1. The second-order valence-electron chi connectivity index (χ2n) is 3.60. The molecular formula is C11H13N5. The molecule has 16 heavy (non-hydrogen) atoms. The maximum Gasteiger partial charge on any atom is 0.142 e. The Kier molecular flexibility index (Phi) is 2.68. The summed E-state index contributed by atoms with van der Waals surface area (Å²) in [7, 11) is 3.87. The summed E-state index contributed by atoms with van der Waals surface area (Å²) in [5, 5.41) is 0. The largest absolute Gasteiger partial charge is 0.382 e. The molecule has 0 unspecified atom stereocenters. The summed E-state index contributed by atoms with van der Waals surface area (Å²) < 4.78 is 0. The minimum atomic E-state index is 0.408. The molecule has 5 heteroatoms. The summed E-state index contributed by atoms with van der Waals surface area (Å²) in [6, 6.07) is 3.82. The first-order chi connectivity index (χ1) is 7.68. The molecule has 2 rings (SSSR count). The minimum absolute atomic E-state index is 0.408. The molecule has 0 amide bonds. The van der Waals surface area contributed by atoms with Crippen LogP contribution in [0.4, 0.5) is 11.6 Å². The van der Waals surface area contributed by atoms with Gasteiger partial charge in [-0.05, 0) is 12.1 Å². The van der Waals surface area contributed by atoms with E-state index in [1.807, 2.05) is 31.1 Å². The lowest BCUT2D eigenvalue weighted by Gasteiger charge is -2.15. The fourth-order valence-corrected chi connectivity index (χ4v) is 1.46. The van der Waals surface area contributed by atoms with Gasteiger partial charge in [0.25, 0.3) is 0 Å². The quantitative estimate of drug-likeness (QED) is 0.814. The van der Waals surface area contributed by atoms with Crippen molar-refractivity contribution in [2.75, 3.05) is 24.7 Å². The van der Waals surface area contributed by atoms with Crippen LogP contribution in [-0.2, 0) is 0 Å². The second-order valence-corrected chi connectivity index (χ2v) is 3.60. The fraction of sp³-hybridized carbons (Fsp3) is 0.182. The van der Waals surface area contributed by atoms with E-state index in [9.17, 15) is 0 Å². The molecule has 0 aliphatic heterocycles. The Labute approximate surface area is 94.0 Å². The maximum atomic E-state index is 5.61. The Morgan fingerprint density at radius 1 is 1.25 bits per heavy atom. The maximum absolute atomic E-state index is 5.61. The van der Waals surface area contributed by atoms with E-state index in [-0.39, 0.29) is 0 Å². The normalized spacial score (nSPS) is 10.1. The van der Waals surface area contributed by atoms with Gasteiger partial charge >= 0.3 is 0 Å². The Morgan fingerprint density at radius 2 is 2.06 bits per heavy atom. The first-order valence-electron chi connectivity index (χ1n) is 4.88. The molecule has 5 nitrogen and oxygen atoms in total. The number of nitrogen functional groups attached to an aromatic ring is 1. The molecule has 0 aliphatic rings. The molecule has 2 aromatic rings. The molecule has 0 bridgehead atoms. The van der Waals surface area contributed by atoms with Gasteiger partial charge in [-0.1, -0.05) is 0 Å². The third-order valence-electron chi connectivity index (χ3n) is 2.14. The van der Waals surface area contributed by atoms with Crippen LogP contribution in [0.25, 0.3) is 11.3 Å². The number of hydrogen-bond acceptors (Lipinski definition) is 5. The highest BCUT2D eigenvalue weighted by Gasteiger charge is 2.09. The van der Waals surface area contributed by atoms with Gasteiger partial charge in [0.15, 0.2) is 0 Å². The van der Waals surface area contributed by atoms with Crippen LogP contribution in [-0.4, -0.2) is 29.0 Å². The van der Waals surface area contributed by atoms with Crippen LogP contribution in [0.15, 0.2) is 30.7 Å². The molecular weight excluding hydrogens is 202 g/mol. The highest BCUT2D eigenvalue weighted by molar-refractivity contribution is 5.72. The van der Waals surface area contributed by atoms with Crippen LogP contribution in [0.5, 0.6) is 0 Å². The van der Waals surface area contributed by atoms with E-state index >= 15 is 0 Å². The summed E-state index contributed by atoms with van der Waals surface area (Å²) in [4.78, 5) is 14.5. The minimum Gasteiger partial charge on any atom is -0.382 e. The molecule has 0 aromatic carbocycles. The Morgan fingerprint density at radius 3 is 2.75 bits per heavy atom. The van der Waals surface area contributed by atoms with Gasteiger partial charge in [-0.15, -0.1) is 0 Å². The van der Waals surface area contributed by atoms with Crippen LogP contribution in [0.1, 0.15) is 0 Å². The van der Waals surface area contributed by atoms with Crippen molar-refractivity contribution in [2.24, 2.45) is 0 Å². The fourth-order valence-electron chi connectivity index (χ4n) is 1.46. The number of pyridine rings is 1. The van der Waals surface area contributed by atoms with Crippen LogP contribution in [0.2, 0.25) is 0 Å². The van der Waals surface area contributed by atoms with Crippen molar-refractivity contribution in [1.29, 1.82) is 0 Å². The van der Waals surface area contributed by atoms with E-state index in [1.54, 1.807) is 12.4 Å². The van der Waals surface area contributed by atoms with Crippen molar-refractivity contribution in [3.8, 4) is 11.3 Å². The average Bonchev–Trinajstić information content (AvgIpc) is 2.29. The number of nitrogens with zero attached hydrogens (tertiary/aromatic N) is 4. The molecule has 2 N–H and O–H groups in total. The molecule has 0 saturated heterocycles. The summed E-state index contributed by atoms with van der Waals surface area (Å²) in [5.41, 5.74) is 7.27. The molecule has 2 heterocycles.